The Bertz CT molecular complexity index is 1210. The normalized spacial score (nSPS) is 10.9. The molecule has 0 aliphatic rings. The molecule has 3 rings (SSSR count). The highest BCUT2D eigenvalue weighted by Crippen LogP contribution is 2.19. The van der Waals surface area contributed by atoms with E-state index in [2.05, 4.69) is 15.4 Å². The first-order valence-electron chi connectivity index (χ1n) is 9.58. The van der Waals surface area contributed by atoms with Crippen LogP contribution in [-0.4, -0.2) is 20.2 Å². The summed E-state index contributed by atoms with van der Waals surface area (Å²) in [6.45, 7) is 3.51. The van der Waals surface area contributed by atoms with Crippen molar-refractivity contribution in [1.29, 1.82) is 0 Å². The van der Waals surface area contributed by atoms with Crippen LogP contribution in [0.25, 0.3) is 0 Å². The van der Waals surface area contributed by atoms with Crippen LogP contribution in [0.4, 0.5) is 11.4 Å². The molecular weight excluding hydrogens is 414 g/mol. The molecule has 0 heterocycles. The van der Waals surface area contributed by atoms with Crippen LogP contribution < -0.4 is 15.4 Å². The highest BCUT2D eigenvalue weighted by molar-refractivity contribution is 7.92. The van der Waals surface area contributed by atoms with Crippen LogP contribution in [0.1, 0.15) is 28.4 Å². The van der Waals surface area contributed by atoms with Crippen LogP contribution in [0, 0.1) is 6.92 Å². The van der Waals surface area contributed by atoms with E-state index in [0.717, 1.165) is 11.1 Å². The van der Waals surface area contributed by atoms with E-state index in [9.17, 15) is 18.0 Å². The summed E-state index contributed by atoms with van der Waals surface area (Å²) in [5.74, 6) is -0.506. The van der Waals surface area contributed by atoms with Crippen molar-refractivity contribution in [3.8, 4) is 0 Å². The summed E-state index contributed by atoms with van der Waals surface area (Å²) in [6.07, 6.45) is 0. The van der Waals surface area contributed by atoms with Crippen molar-refractivity contribution in [1.82, 2.24) is 5.32 Å². The first-order chi connectivity index (χ1) is 14.7. The number of hydrogen-bond donors (Lipinski definition) is 3. The van der Waals surface area contributed by atoms with Crippen LogP contribution in [0.3, 0.4) is 0 Å². The minimum absolute atomic E-state index is 0.0651. The number of rotatable bonds is 7. The van der Waals surface area contributed by atoms with Gasteiger partial charge < -0.3 is 10.6 Å². The Morgan fingerprint density at radius 3 is 2.29 bits per heavy atom. The third-order valence-electron chi connectivity index (χ3n) is 4.52. The number of sulfonamides is 1. The van der Waals surface area contributed by atoms with Gasteiger partial charge in [0.05, 0.1) is 10.6 Å². The minimum Gasteiger partial charge on any atom is -0.348 e. The predicted molar refractivity (Wildman–Crippen MR) is 120 cm³/mol. The fraction of sp³-hybridized carbons (Fsp3) is 0.130. The van der Waals surface area contributed by atoms with Crippen LogP contribution in [-0.2, 0) is 21.4 Å². The molecule has 0 unspecified atom stereocenters. The summed E-state index contributed by atoms with van der Waals surface area (Å²) in [6, 6.07) is 20.0. The predicted octanol–water partition coefficient (Wildman–Crippen LogP) is 3.68. The first-order valence-corrected chi connectivity index (χ1v) is 11.1. The number of benzene rings is 3. The number of aryl methyl sites for hydroxylation is 1. The number of amides is 2. The highest BCUT2D eigenvalue weighted by Gasteiger charge is 2.16. The van der Waals surface area contributed by atoms with E-state index < -0.39 is 10.0 Å². The van der Waals surface area contributed by atoms with Gasteiger partial charge in [-0.1, -0.05) is 30.3 Å². The first kappa shape index (κ1) is 22.0. The average molecular weight is 438 g/mol. The standard InChI is InChI=1S/C23H23N3O4S/c1-16-6-3-4-9-22(16)26-31(29,30)21-12-10-19(11-13-21)23(28)24-15-18-7-5-8-20(14-18)25-17(2)27/h3-14,26H,15H2,1-2H3,(H,24,28)(H,25,27). The van der Waals surface area contributed by atoms with E-state index in [4.69, 9.17) is 0 Å². The Balaban J connectivity index is 1.65. The summed E-state index contributed by atoms with van der Waals surface area (Å²) in [4.78, 5) is 23.7. The molecule has 3 N–H and O–H groups in total. The maximum atomic E-state index is 12.6. The molecule has 0 bridgehead atoms. The Labute approximate surface area is 181 Å². The lowest BCUT2D eigenvalue weighted by molar-refractivity contribution is -0.114. The number of hydrogen-bond acceptors (Lipinski definition) is 4. The largest absolute Gasteiger partial charge is 0.348 e. The Morgan fingerprint density at radius 2 is 1.61 bits per heavy atom. The van der Waals surface area contributed by atoms with Gasteiger partial charge in [0.25, 0.3) is 15.9 Å². The lowest BCUT2D eigenvalue weighted by atomic mass is 10.1. The van der Waals surface area contributed by atoms with Gasteiger partial charge in [-0.2, -0.15) is 0 Å². The van der Waals surface area contributed by atoms with Crippen LogP contribution in [0.5, 0.6) is 0 Å². The van der Waals surface area contributed by atoms with E-state index in [-0.39, 0.29) is 23.3 Å². The fourth-order valence-electron chi connectivity index (χ4n) is 2.92. The monoisotopic (exact) mass is 437 g/mol. The maximum Gasteiger partial charge on any atom is 0.261 e. The molecule has 31 heavy (non-hydrogen) atoms. The van der Waals surface area contributed by atoms with Crippen molar-refractivity contribution >= 4 is 33.2 Å². The molecule has 0 aliphatic carbocycles. The van der Waals surface area contributed by atoms with Gasteiger partial charge in [-0.15, -0.1) is 0 Å². The van der Waals surface area contributed by atoms with Gasteiger partial charge in [0.2, 0.25) is 5.91 Å². The van der Waals surface area contributed by atoms with Gasteiger partial charge in [-0.3, -0.25) is 14.3 Å². The van der Waals surface area contributed by atoms with Crippen molar-refractivity contribution in [2.75, 3.05) is 10.0 Å². The Hall–Kier alpha value is -3.65. The maximum absolute atomic E-state index is 12.6. The lowest BCUT2D eigenvalue weighted by Crippen LogP contribution is -2.23. The molecule has 3 aromatic carbocycles. The van der Waals surface area contributed by atoms with Crippen LogP contribution >= 0.6 is 0 Å². The molecule has 0 fully saturated rings. The fourth-order valence-corrected chi connectivity index (χ4v) is 4.05. The average Bonchev–Trinajstić information content (AvgIpc) is 2.73. The highest BCUT2D eigenvalue weighted by atomic mass is 32.2. The SMILES string of the molecule is CC(=O)Nc1cccc(CNC(=O)c2ccc(S(=O)(=O)Nc3ccccc3C)cc2)c1. The molecule has 0 spiro atoms. The second-order valence-electron chi connectivity index (χ2n) is 7.01. The van der Waals surface area contributed by atoms with Gasteiger partial charge in [-0.05, 0) is 60.5 Å². The molecule has 0 atom stereocenters. The van der Waals surface area contributed by atoms with E-state index in [1.807, 2.05) is 25.1 Å². The summed E-state index contributed by atoms with van der Waals surface area (Å²) in [7, 11) is -3.76. The Morgan fingerprint density at radius 1 is 0.903 bits per heavy atom. The topological polar surface area (TPSA) is 104 Å². The summed E-state index contributed by atoms with van der Waals surface area (Å²) >= 11 is 0. The quantitative estimate of drug-likeness (QED) is 0.524. The van der Waals surface area contributed by atoms with Crippen molar-refractivity contribution in [3.05, 3.63) is 89.5 Å². The molecule has 7 nitrogen and oxygen atoms in total. The van der Waals surface area contributed by atoms with Crippen molar-refractivity contribution in [3.63, 3.8) is 0 Å². The molecule has 0 aliphatic heterocycles. The van der Waals surface area contributed by atoms with Crippen molar-refractivity contribution in [2.45, 2.75) is 25.3 Å². The van der Waals surface area contributed by atoms with E-state index in [1.165, 1.54) is 31.2 Å². The number of nitrogens with one attached hydrogen (secondary N) is 3. The smallest absolute Gasteiger partial charge is 0.261 e. The minimum atomic E-state index is -3.76. The Kier molecular flexibility index (Phi) is 6.71. The third kappa shape index (κ3) is 5.93. The molecule has 2 amide bonds. The number of anilines is 2. The number of carbonyl (C=O) groups is 2. The molecule has 3 aromatic rings. The van der Waals surface area contributed by atoms with E-state index in [1.54, 1.807) is 30.3 Å². The zero-order valence-electron chi connectivity index (χ0n) is 17.2. The van der Waals surface area contributed by atoms with E-state index in [0.29, 0.717) is 16.9 Å². The van der Waals surface area contributed by atoms with Gasteiger partial charge in [-0.25, -0.2) is 8.42 Å². The number of para-hydroxylation sites is 1. The van der Waals surface area contributed by atoms with Gasteiger partial charge >= 0.3 is 0 Å². The second kappa shape index (κ2) is 9.44. The van der Waals surface area contributed by atoms with Crippen molar-refractivity contribution < 1.29 is 18.0 Å². The molecule has 160 valence electrons. The number of carbonyl (C=O) groups excluding carboxylic acids is 2. The van der Waals surface area contributed by atoms with Crippen molar-refractivity contribution in [2.24, 2.45) is 0 Å². The molecular formula is C23H23N3O4S. The summed E-state index contributed by atoms with van der Waals surface area (Å²) in [5.41, 5.74) is 3.12. The van der Waals surface area contributed by atoms with E-state index >= 15 is 0 Å². The van der Waals surface area contributed by atoms with Crippen LogP contribution in [0.15, 0.2) is 77.7 Å². The zero-order chi connectivity index (χ0) is 22.4. The van der Waals surface area contributed by atoms with Gasteiger partial charge in [0, 0.05) is 24.7 Å². The molecule has 0 aromatic heterocycles. The molecule has 0 radical (unpaired) electrons. The molecule has 0 saturated heterocycles. The summed E-state index contributed by atoms with van der Waals surface area (Å²) in [5, 5.41) is 5.48. The second-order valence-corrected chi connectivity index (χ2v) is 8.69. The van der Waals surface area contributed by atoms with Gasteiger partial charge in [0.15, 0.2) is 0 Å². The molecule has 0 saturated carbocycles. The lowest BCUT2D eigenvalue weighted by Gasteiger charge is -2.11. The van der Waals surface area contributed by atoms with Gasteiger partial charge in [0.1, 0.15) is 0 Å². The molecule has 8 heteroatoms. The third-order valence-corrected chi connectivity index (χ3v) is 5.90. The summed E-state index contributed by atoms with van der Waals surface area (Å²) < 4.78 is 27.8. The van der Waals surface area contributed by atoms with Crippen LogP contribution in [0.2, 0.25) is 0 Å². The zero-order valence-corrected chi connectivity index (χ0v) is 18.0.